The number of carbonyl (C=O) groups is 1. The van der Waals surface area contributed by atoms with Crippen LogP contribution in [0, 0.1) is 0 Å². The van der Waals surface area contributed by atoms with Gasteiger partial charge in [0.25, 0.3) is 0 Å². The first-order valence-corrected chi connectivity index (χ1v) is 10.7. The second-order valence-corrected chi connectivity index (χ2v) is 7.96. The van der Waals surface area contributed by atoms with E-state index in [1.165, 1.54) is 5.39 Å². The van der Waals surface area contributed by atoms with Crippen molar-refractivity contribution in [3.63, 3.8) is 0 Å². The maximum Gasteiger partial charge on any atom is 0.224 e. The molecule has 2 aromatic heterocycles. The third kappa shape index (κ3) is 3.85. The number of rotatable bonds is 7. The van der Waals surface area contributed by atoms with E-state index in [1.807, 2.05) is 60.9 Å². The summed E-state index contributed by atoms with van der Waals surface area (Å²) < 4.78 is 5.32. The molecule has 3 N–H and O–H groups in total. The van der Waals surface area contributed by atoms with Gasteiger partial charge in [0.15, 0.2) is 0 Å². The highest BCUT2D eigenvalue weighted by molar-refractivity contribution is 5.89. The number of amides is 1. The summed E-state index contributed by atoms with van der Waals surface area (Å²) in [5.74, 6) is 0.840. The van der Waals surface area contributed by atoms with Crippen molar-refractivity contribution in [1.29, 1.82) is 0 Å². The summed E-state index contributed by atoms with van der Waals surface area (Å²) >= 11 is 0. The molecular weight excluding hydrogens is 398 g/mol. The smallest absolute Gasteiger partial charge is 0.224 e. The van der Waals surface area contributed by atoms with E-state index in [0.29, 0.717) is 13.0 Å². The molecule has 0 aliphatic rings. The lowest BCUT2D eigenvalue weighted by Gasteiger charge is -2.18. The maximum absolute atomic E-state index is 12.9. The van der Waals surface area contributed by atoms with Gasteiger partial charge in [0, 0.05) is 46.7 Å². The Hall–Kier alpha value is -3.99. The van der Waals surface area contributed by atoms with Crippen molar-refractivity contribution >= 4 is 27.7 Å². The van der Waals surface area contributed by atoms with Gasteiger partial charge in [-0.25, -0.2) is 0 Å². The molecule has 0 saturated heterocycles. The standard InChI is InChI=1S/C27H25N3O2/c1-32-20-12-10-18(11-13-20)23(24-17-29-26-9-5-3-7-22(24)26)16-30-27(31)14-19-15-28-25-8-4-2-6-21(19)25/h2-13,15,17,23,28-29H,14,16H2,1H3,(H,30,31). The Kier molecular flexibility index (Phi) is 5.38. The van der Waals surface area contributed by atoms with Crippen LogP contribution >= 0.6 is 0 Å². The number of aromatic amines is 2. The highest BCUT2D eigenvalue weighted by Gasteiger charge is 2.19. The van der Waals surface area contributed by atoms with E-state index in [4.69, 9.17) is 4.74 Å². The molecule has 2 heterocycles. The van der Waals surface area contributed by atoms with Crippen molar-refractivity contribution in [3.8, 4) is 5.75 Å². The number of para-hydroxylation sites is 2. The second kappa shape index (κ2) is 8.63. The lowest BCUT2D eigenvalue weighted by Crippen LogP contribution is -2.30. The Morgan fingerprint density at radius 2 is 1.53 bits per heavy atom. The van der Waals surface area contributed by atoms with Gasteiger partial charge in [-0.3, -0.25) is 4.79 Å². The molecule has 5 heteroatoms. The number of fused-ring (bicyclic) bond motifs is 2. The van der Waals surface area contributed by atoms with Crippen LogP contribution in [0.15, 0.2) is 85.2 Å². The molecule has 5 nitrogen and oxygen atoms in total. The summed E-state index contributed by atoms with van der Waals surface area (Å²) in [6.07, 6.45) is 4.31. The monoisotopic (exact) mass is 423 g/mol. The van der Waals surface area contributed by atoms with Gasteiger partial charge in [-0.2, -0.15) is 0 Å². The van der Waals surface area contributed by atoms with E-state index in [0.717, 1.165) is 38.9 Å². The molecule has 160 valence electrons. The van der Waals surface area contributed by atoms with Gasteiger partial charge in [0.1, 0.15) is 5.75 Å². The summed E-state index contributed by atoms with van der Waals surface area (Å²) in [7, 11) is 1.66. The maximum atomic E-state index is 12.9. The number of aromatic nitrogens is 2. The summed E-state index contributed by atoms with van der Waals surface area (Å²) in [5, 5.41) is 5.42. The molecule has 3 aromatic carbocycles. The number of hydrogen-bond acceptors (Lipinski definition) is 2. The quantitative estimate of drug-likeness (QED) is 0.339. The van der Waals surface area contributed by atoms with Crippen molar-refractivity contribution in [1.82, 2.24) is 15.3 Å². The SMILES string of the molecule is COc1ccc(C(CNC(=O)Cc2c[nH]c3ccccc23)c2c[nH]c3ccccc23)cc1. The molecule has 1 unspecified atom stereocenters. The fourth-order valence-corrected chi connectivity index (χ4v) is 4.36. The zero-order valence-corrected chi connectivity index (χ0v) is 17.9. The van der Waals surface area contributed by atoms with Gasteiger partial charge in [0.2, 0.25) is 5.91 Å². The number of carbonyl (C=O) groups excluding carboxylic acids is 1. The first-order chi connectivity index (χ1) is 15.7. The normalized spacial score (nSPS) is 12.2. The van der Waals surface area contributed by atoms with Crippen molar-refractivity contribution in [2.75, 3.05) is 13.7 Å². The van der Waals surface area contributed by atoms with E-state index in [2.05, 4.69) is 39.6 Å². The molecule has 5 rings (SSSR count). The highest BCUT2D eigenvalue weighted by atomic mass is 16.5. The van der Waals surface area contributed by atoms with Crippen LogP contribution in [0.5, 0.6) is 5.75 Å². The Labute approximate surface area is 186 Å². The fourth-order valence-electron chi connectivity index (χ4n) is 4.36. The molecule has 32 heavy (non-hydrogen) atoms. The lowest BCUT2D eigenvalue weighted by atomic mass is 9.90. The zero-order chi connectivity index (χ0) is 21.9. The molecule has 0 fully saturated rings. The predicted octanol–water partition coefficient (Wildman–Crippen LogP) is 5.15. The summed E-state index contributed by atoms with van der Waals surface area (Å²) in [4.78, 5) is 19.5. The topological polar surface area (TPSA) is 69.9 Å². The second-order valence-electron chi connectivity index (χ2n) is 7.96. The van der Waals surface area contributed by atoms with Crippen LogP contribution in [0.3, 0.4) is 0 Å². The minimum atomic E-state index is 0.00751. The van der Waals surface area contributed by atoms with Gasteiger partial charge in [-0.05, 0) is 41.0 Å². The zero-order valence-electron chi connectivity index (χ0n) is 17.9. The van der Waals surface area contributed by atoms with Crippen LogP contribution in [-0.4, -0.2) is 29.5 Å². The molecule has 1 atom stereocenters. The van der Waals surface area contributed by atoms with Crippen molar-refractivity contribution in [2.45, 2.75) is 12.3 Å². The van der Waals surface area contributed by atoms with Gasteiger partial charge in [-0.1, -0.05) is 48.5 Å². The first-order valence-electron chi connectivity index (χ1n) is 10.7. The minimum absolute atomic E-state index is 0.00751. The largest absolute Gasteiger partial charge is 0.497 e. The average molecular weight is 424 g/mol. The Bertz CT molecular complexity index is 1360. The number of methoxy groups -OCH3 is 1. The van der Waals surface area contributed by atoms with Gasteiger partial charge in [0.05, 0.1) is 13.5 Å². The minimum Gasteiger partial charge on any atom is -0.497 e. The molecule has 0 aliphatic heterocycles. The number of nitrogens with one attached hydrogen (secondary N) is 3. The molecule has 1 amide bonds. The average Bonchev–Trinajstić information content (AvgIpc) is 3.44. The van der Waals surface area contributed by atoms with Gasteiger partial charge >= 0.3 is 0 Å². The highest BCUT2D eigenvalue weighted by Crippen LogP contribution is 2.31. The molecule has 0 aliphatic carbocycles. The molecule has 0 spiro atoms. The lowest BCUT2D eigenvalue weighted by molar-refractivity contribution is -0.120. The molecular formula is C27H25N3O2. The van der Waals surface area contributed by atoms with Crippen LogP contribution in [-0.2, 0) is 11.2 Å². The van der Waals surface area contributed by atoms with Crippen molar-refractivity contribution < 1.29 is 9.53 Å². The van der Waals surface area contributed by atoms with Crippen LogP contribution in [0.2, 0.25) is 0 Å². The predicted molar refractivity (Wildman–Crippen MR) is 128 cm³/mol. The van der Waals surface area contributed by atoms with E-state index >= 15 is 0 Å². The summed E-state index contributed by atoms with van der Waals surface area (Å²) in [6, 6.07) is 24.4. The van der Waals surface area contributed by atoms with E-state index < -0.39 is 0 Å². The molecule has 0 radical (unpaired) electrons. The van der Waals surface area contributed by atoms with Crippen LogP contribution in [0.25, 0.3) is 21.8 Å². The Morgan fingerprint density at radius 1 is 0.875 bits per heavy atom. The van der Waals surface area contributed by atoms with Crippen molar-refractivity contribution in [2.24, 2.45) is 0 Å². The Morgan fingerprint density at radius 3 is 2.28 bits per heavy atom. The van der Waals surface area contributed by atoms with Crippen molar-refractivity contribution in [3.05, 3.63) is 102 Å². The molecule has 0 saturated carbocycles. The van der Waals surface area contributed by atoms with Crippen LogP contribution in [0.1, 0.15) is 22.6 Å². The third-order valence-electron chi connectivity index (χ3n) is 6.04. The van der Waals surface area contributed by atoms with Crippen LogP contribution in [0.4, 0.5) is 0 Å². The van der Waals surface area contributed by atoms with E-state index in [1.54, 1.807) is 7.11 Å². The van der Waals surface area contributed by atoms with E-state index in [-0.39, 0.29) is 11.8 Å². The third-order valence-corrected chi connectivity index (χ3v) is 6.04. The molecule has 0 bridgehead atoms. The first kappa shape index (κ1) is 19.9. The number of hydrogen-bond donors (Lipinski definition) is 3. The summed E-state index contributed by atoms with van der Waals surface area (Å²) in [5.41, 5.74) is 5.43. The van der Waals surface area contributed by atoms with Crippen LogP contribution < -0.4 is 10.1 Å². The number of benzene rings is 3. The number of ether oxygens (including phenoxy) is 1. The number of H-pyrrole nitrogens is 2. The van der Waals surface area contributed by atoms with Gasteiger partial charge in [-0.15, -0.1) is 0 Å². The van der Waals surface area contributed by atoms with Gasteiger partial charge < -0.3 is 20.0 Å². The van der Waals surface area contributed by atoms with E-state index in [9.17, 15) is 4.79 Å². The molecule has 5 aromatic rings. The fraction of sp³-hybridized carbons (Fsp3) is 0.148. The summed E-state index contributed by atoms with van der Waals surface area (Å²) in [6.45, 7) is 0.509. The Balaban J connectivity index is 1.39.